The van der Waals surface area contributed by atoms with Crippen LogP contribution in [0.5, 0.6) is 5.75 Å². The summed E-state index contributed by atoms with van der Waals surface area (Å²) in [5.41, 5.74) is 3.94. The summed E-state index contributed by atoms with van der Waals surface area (Å²) in [5, 5.41) is 10.5. The first-order chi connectivity index (χ1) is 15.4. The van der Waals surface area contributed by atoms with Gasteiger partial charge in [0, 0.05) is 12.0 Å². The Hall–Kier alpha value is -2.50. The van der Waals surface area contributed by atoms with Gasteiger partial charge < -0.3 is 14.3 Å². The fourth-order valence-electron chi connectivity index (χ4n) is 4.44. The summed E-state index contributed by atoms with van der Waals surface area (Å²) < 4.78 is 11.8. The monoisotopic (exact) mass is 473 g/mol. The number of benzene rings is 2. The normalized spacial score (nSPS) is 16.1. The lowest BCUT2D eigenvalue weighted by molar-refractivity contribution is -0.142. The first-order valence-electron chi connectivity index (χ1n) is 10.8. The van der Waals surface area contributed by atoms with Crippen LogP contribution < -0.4 is 4.74 Å². The van der Waals surface area contributed by atoms with Gasteiger partial charge in [-0.15, -0.1) is 0 Å². The molecule has 5 nitrogen and oxygen atoms in total. The molecule has 7 heteroatoms. The van der Waals surface area contributed by atoms with Gasteiger partial charge in [0.05, 0.1) is 28.3 Å². The summed E-state index contributed by atoms with van der Waals surface area (Å²) in [6, 6.07) is 11.3. The van der Waals surface area contributed by atoms with Crippen molar-refractivity contribution in [2.75, 3.05) is 6.61 Å². The Morgan fingerprint density at radius 1 is 1.25 bits per heavy atom. The molecule has 2 aromatic carbocycles. The highest BCUT2D eigenvalue weighted by Crippen LogP contribution is 2.41. The number of nitrogens with zero attached hydrogens (tertiary/aromatic N) is 1. The highest BCUT2D eigenvalue weighted by Gasteiger charge is 2.33. The van der Waals surface area contributed by atoms with Gasteiger partial charge >= 0.3 is 5.97 Å². The van der Waals surface area contributed by atoms with Gasteiger partial charge in [-0.1, -0.05) is 36.2 Å². The molecule has 3 aromatic rings. The van der Waals surface area contributed by atoms with E-state index in [-0.39, 0.29) is 11.8 Å². The Bertz CT molecular complexity index is 1140. The van der Waals surface area contributed by atoms with Crippen LogP contribution in [0.2, 0.25) is 10.0 Å². The molecule has 1 aliphatic carbocycles. The van der Waals surface area contributed by atoms with E-state index < -0.39 is 5.97 Å². The summed E-state index contributed by atoms with van der Waals surface area (Å²) in [6.45, 7) is 4.28. The Balaban J connectivity index is 1.40. The van der Waals surface area contributed by atoms with Crippen molar-refractivity contribution in [1.29, 1.82) is 0 Å². The first kappa shape index (κ1) is 22.7. The molecular formula is C25H25Cl2NO4. The number of fused-ring (bicyclic) bond motifs is 1. The van der Waals surface area contributed by atoms with Crippen LogP contribution in [-0.4, -0.2) is 22.7 Å². The molecule has 0 aliphatic heterocycles. The smallest absolute Gasteiger partial charge is 0.307 e. The third-order valence-electron chi connectivity index (χ3n) is 6.15. The SMILES string of the molecule is CC[C@@H](C(=O)O)[C@H]1CCc2cc(OCCc3nc(-c4ccc(Cl)c(Cl)c4)oc3C)ccc21. The van der Waals surface area contributed by atoms with Gasteiger partial charge in [0.25, 0.3) is 0 Å². The average molecular weight is 474 g/mol. The summed E-state index contributed by atoms with van der Waals surface area (Å²) in [7, 11) is 0. The maximum atomic E-state index is 11.6. The van der Waals surface area contributed by atoms with E-state index in [4.69, 9.17) is 32.4 Å². The van der Waals surface area contributed by atoms with Crippen LogP contribution in [0.25, 0.3) is 11.5 Å². The van der Waals surface area contributed by atoms with Crippen LogP contribution >= 0.6 is 23.2 Å². The second kappa shape index (κ2) is 9.55. The predicted molar refractivity (Wildman–Crippen MR) is 125 cm³/mol. The molecule has 32 heavy (non-hydrogen) atoms. The van der Waals surface area contributed by atoms with Gasteiger partial charge in [0.15, 0.2) is 0 Å². The lowest BCUT2D eigenvalue weighted by Crippen LogP contribution is -2.19. The van der Waals surface area contributed by atoms with E-state index in [0.717, 1.165) is 41.2 Å². The molecule has 0 radical (unpaired) electrons. The number of aryl methyl sites for hydroxylation is 2. The second-order valence-electron chi connectivity index (χ2n) is 8.11. The molecule has 1 heterocycles. The molecule has 0 saturated heterocycles. The van der Waals surface area contributed by atoms with Crippen LogP contribution in [0.15, 0.2) is 40.8 Å². The number of rotatable bonds is 8. The van der Waals surface area contributed by atoms with Crippen LogP contribution in [0.3, 0.4) is 0 Å². The predicted octanol–water partition coefficient (Wildman–Crippen LogP) is 6.72. The van der Waals surface area contributed by atoms with Gasteiger partial charge in [-0.2, -0.15) is 0 Å². The molecule has 0 unspecified atom stereocenters. The molecule has 1 aromatic heterocycles. The summed E-state index contributed by atoms with van der Waals surface area (Å²) in [5.74, 6) is 1.07. The van der Waals surface area contributed by atoms with Crippen LogP contribution in [0, 0.1) is 12.8 Å². The molecule has 168 valence electrons. The standard InChI is InChI=1S/C25H25Cl2NO4/c1-3-18(25(29)30)20-7-4-15-12-17(6-8-19(15)20)31-11-10-23-14(2)32-24(28-23)16-5-9-21(26)22(27)13-16/h5-6,8-9,12-13,18,20H,3-4,7,10-11H2,1-2H3,(H,29,30)/t18-,20-/m1/s1. The van der Waals surface area contributed by atoms with E-state index in [2.05, 4.69) is 4.98 Å². The number of oxazole rings is 1. The Kier molecular flexibility index (Phi) is 6.77. The van der Waals surface area contributed by atoms with Crippen molar-refractivity contribution in [2.45, 2.75) is 45.4 Å². The third-order valence-corrected chi connectivity index (χ3v) is 6.89. The van der Waals surface area contributed by atoms with Crippen molar-refractivity contribution < 1.29 is 19.1 Å². The minimum atomic E-state index is -0.714. The molecule has 0 bridgehead atoms. The highest BCUT2D eigenvalue weighted by molar-refractivity contribution is 6.42. The largest absolute Gasteiger partial charge is 0.493 e. The zero-order chi connectivity index (χ0) is 22.8. The van der Waals surface area contributed by atoms with Crippen molar-refractivity contribution in [1.82, 2.24) is 4.98 Å². The Morgan fingerprint density at radius 2 is 2.06 bits per heavy atom. The molecular weight excluding hydrogens is 449 g/mol. The third kappa shape index (κ3) is 4.64. The van der Waals surface area contributed by atoms with E-state index >= 15 is 0 Å². The summed E-state index contributed by atoms with van der Waals surface area (Å²) in [6.07, 6.45) is 3.00. The number of hydrogen-bond acceptors (Lipinski definition) is 4. The highest BCUT2D eigenvalue weighted by atomic mass is 35.5. The minimum absolute atomic E-state index is 0.0825. The fourth-order valence-corrected chi connectivity index (χ4v) is 4.74. The maximum Gasteiger partial charge on any atom is 0.307 e. The van der Waals surface area contributed by atoms with Crippen molar-refractivity contribution in [3.05, 3.63) is 69.0 Å². The number of carbonyl (C=O) groups is 1. The van der Waals surface area contributed by atoms with Crippen molar-refractivity contribution in [2.24, 2.45) is 5.92 Å². The average Bonchev–Trinajstić information content (AvgIpc) is 3.34. The second-order valence-corrected chi connectivity index (χ2v) is 8.92. The number of carboxylic acids is 1. The van der Waals surface area contributed by atoms with Gasteiger partial charge in [-0.25, -0.2) is 4.98 Å². The van der Waals surface area contributed by atoms with Crippen molar-refractivity contribution in [3.8, 4) is 17.2 Å². The number of halogens is 2. The molecule has 0 fully saturated rings. The lowest BCUT2D eigenvalue weighted by Gasteiger charge is -2.19. The molecule has 0 amide bonds. The first-order valence-corrected chi connectivity index (χ1v) is 11.5. The zero-order valence-electron chi connectivity index (χ0n) is 18.0. The number of hydrogen-bond donors (Lipinski definition) is 1. The summed E-state index contributed by atoms with van der Waals surface area (Å²) in [4.78, 5) is 16.2. The quantitative estimate of drug-likeness (QED) is 0.393. The van der Waals surface area contributed by atoms with Crippen LogP contribution in [0.4, 0.5) is 0 Å². The lowest BCUT2D eigenvalue weighted by atomic mass is 9.85. The molecule has 0 spiro atoms. The van der Waals surface area contributed by atoms with E-state index in [1.54, 1.807) is 12.1 Å². The van der Waals surface area contributed by atoms with Crippen molar-refractivity contribution in [3.63, 3.8) is 0 Å². The van der Waals surface area contributed by atoms with Gasteiger partial charge in [-0.05, 0) is 73.6 Å². The van der Waals surface area contributed by atoms with Crippen molar-refractivity contribution >= 4 is 29.2 Å². The molecule has 1 aliphatic rings. The zero-order valence-corrected chi connectivity index (χ0v) is 19.5. The van der Waals surface area contributed by atoms with E-state index in [9.17, 15) is 9.90 Å². The molecule has 1 N–H and O–H groups in total. The fraction of sp³-hybridized carbons (Fsp3) is 0.360. The molecule has 4 rings (SSSR count). The van der Waals surface area contributed by atoms with Crippen LogP contribution in [-0.2, 0) is 17.6 Å². The Morgan fingerprint density at radius 3 is 2.78 bits per heavy atom. The van der Waals surface area contributed by atoms with Gasteiger partial charge in [-0.3, -0.25) is 4.79 Å². The Labute approximate surface area is 197 Å². The van der Waals surface area contributed by atoms with E-state index in [0.29, 0.717) is 35.4 Å². The summed E-state index contributed by atoms with van der Waals surface area (Å²) >= 11 is 12.1. The number of carboxylic acid groups (broad SMARTS) is 1. The number of aromatic nitrogens is 1. The molecule has 2 atom stereocenters. The van der Waals surface area contributed by atoms with Gasteiger partial charge in [0.2, 0.25) is 5.89 Å². The molecule has 0 saturated carbocycles. The van der Waals surface area contributed by atoms with E-state index in [1.165, 1.54) is 5.56 Å². The van der Waals surface area contributed by atoms with Gasteiger partial charge in [0.1, 0.15) is 11.5 Å². The van der Waals surface area contributed by atoms with Crippen LogP contribution in [0.1, 0.15) is 48.3 Å². The topological polar surface area (TPSA) is 72.6 Å². The van der Waals surface area contributed by atoms with E-state index in [1.807, 2.05) is 38.1 Å². The minimum Gasteiger partial charge on any atom is -0.493 e. The maximum absolute atomic E-state index is 11.6. The number of aliphatic carboxylic acids is 1. The number of ether oxygens (including phenoxy) is 1.